The van der Waals surface area contributed by atoms with Gasteiger partial charge in [-0.1, -0.05) is 0 Å². The van der Waals surface area contributed by atoms with Gasteiger partial charge in [0, 0.05) is 29.3 Å². The number of amides is 1. The molecule has 0 spiro atoms. The van der Waals surface area contributed by atoms with Crippen molar-refractivity contribution in [3.8, 4) is 0 Å². The Kier molecular flexibility index (Phi) is 5.79. The van der Waals surface area contributed by atoms with Gasteiger partial charge < -0.3 is 14.4 Å². The molecule has 0 radical (unpaired) electrons. The molecular weight excluding hydrogens is 312 g/mol. The molecule has 0 atom stereocenters. The first-order chi connectivity index (χ1) is 8.76. The van der Waals surface area contributed by atoms with Crippen molar-refractivity contribution < 1.29 is 14.3 Å². The minimum atomic E-state index is -0.533. The van der Waals surface area contributed by atoms with Crippen LogP contribution in [0, 0.1) is 0 Å². The Morgan fingerprint density at radius 2 is 1.68 bits per heavy atom. The van der Waals surface area contributed by atoms with E-state index in [1.54, 1.807) is 0 Å². The molecule has 5 nitrogen and oxygen atoms in total. The van der Waals surface area contributed by atoms with Crippen LogP contribution in [-0.2, 0) is 14.3 Å². The van der Waals surface area contributed by atoms with Crippen molar-refractivity contribution in [3.05, 3.63) is 0 Å². The lowest BCUT2D eigenvalue weighted by atomic mass is 10.1. The number of ether oxygens (including phenoxy) is 2. The molecule has 112 valence electrons. The molecule has 1 rings (SSSR count). The lowest BCUT2D eigenvalue weighted by molar-refractivity contribution is -0.134. The number of hydrogen-bond acceptors (Lipinski definition) is 4. The third-order valence-corrected chi connectivity index (χ3v) is 5.19. The first-order valence-electron chi connectivity index (χ1n) is 6.70. The molecule has 19 heavy (non-hydrogen) atoms. The van der Waals surface area contributed by atoms with Crippen LogP contribution in [-0.4, -0.2) is 58.9 Å². The summed E-state index contributed by atoms with van der Waals surface area (Å²) in [6, 6.07) is 0. The van der Waals surface area contributed by atoms with E-state index < -0.39 is 5.54 Å². The van der Waals surface area contributed by atoms with E-state index in [-0.39, 0.29) is 11.6 Å². The third kappa shape index (κ3) is 3.48. The van der Waals surface area contributed by atoms with Gasteiger partial charge in [0.2, 0.25) is 5.91 Å². The van der Waals surface area contributed by atoms with Crippen LogP contribution < -0.4 is 0 Å². The summed E-state index contributed by atoms with van der Waals surface area (Å²) in [5.74, 6) is 0.114. The topological polar surface area (TPSA) is 42.0 Å². The normalized spacial score (nSPS) is 22.2. The fourth-order valence-corrected chi connectivity index (χ4v) is 2.69. The number of carbonyl (C=O) groups excluding carboxylic acids is 1. The summed E-state index contributed by atoms with van der Waals surface area (Å²) in [7, 11) is 0. The zero-order chi connectivity index (χ0) is 14.7. The van der Waals surface area contributed by atoms with Gasteiger partial charge in [0.15, 0.2) is 0 Å². The molecule has 1 aliphatic heterocycles. The summed E-state index contributed by atoms with van der Waals surface area (Å²) in [5.41, 5.74) is -0.890. The van der Waals surface area contributed by atoms with Crippen molar-refractivity contribution >= 4 is 22.1 Å². The van der Waals surface area contributed by atoms with Crippen LogP contribution in [0.1, 0.15) is 34.6 Å². The SMILES string of the molecule is CCOCCOCCN1C(=O)C(C)(C)N(Br)C1(C)C. The number of carbonyl (C=O) groups is 1. The minimum absolute atomic E-state index is 0.114. The van der Waals surface area contributed by atoms with E-state index in [4.69, 9.17) is 9.47 Å². The number of hydrogen-bond donors (Lipinski definition) is 0. The van der Waals surface area contributed by atoms with Gasteiger partial charge in [0.05, 0.1) is 19.8 Å². The molecule has 1 heterocycles. The largest absolute Gasteiger partial charge is 0.379 e. The molecule has 0 aliphatic carbocycles. The number of nitrogens with zero attached hydrogens (tertiary/aromatic N) is 2. The Hall–Kier alpha value is -0.170. The van der Waals surface area contributed by atoms with Gasteiger partial charge in [-0.05, 0) is 34.6 Å². The molecule has 0 aromatic carbocycles. The van der Waals surface area contributed by atoms with E-state index in [2.05, 4.69) is 16.1 Å². The zero-order valence-electron chi connectivity index (χ0n) is 12.5. The van der Waals surface area contributed by atoms with Crippen LogP contribution in [0.15, 0.2) is 0 Å². The van der Waals surface area contributed by atoms with Crippen LogP contribution in [0.2, 0.25) is 0 Å². The molecule has 0 N–H and O–H groups in total. The van der Waals surface area contributed by atoms with Crippen LogP contribution in [0.3, 0.4) is 0 Å². The molecule has 1 amide bonds. The van der Waals surface area contributed by atoms with E-state index in [0.717, 1.165) is 0 Å². The second kappa shape index (κ2) is 6.52. The third-order valence-electron chi connectivity index (χ3n) is 3.44. The predicted octanol–water partition coefficient (Wildman–Crippen LogP) is 2.01. The highest BCUT2D eigenvalue weighted by Gasteiger charge is 2.55. The maximum atomic E-state index is 12.4. The van der Waals surface area contributed by atoms with Crippen LogP contribution in [0.4, 0.5) is 0 Å². The number of rotatable bonds is 7. The summed E-state index contributed by atoms with van der Waals surface area (Å²) < 4.78 is 12.6. The van der Waals surface area contributed by atoms with Gasteiger partial charge in [-0.25, -0.2) is 3.93 Å². The Morgan fingerprint density at radius 1 is 1.11 bits per heavy atom. The molecule has 0 aromatic heterocycles. The van der Waals surface area contributed by atoms with Crippen molar-refractivity contribution in [2.45, 2.75) is 45.8 Å². The first-order valence-corrected chi connectivity index (χ1v) is 7.40. The van der Waals surface area contributed by atoms with E-state index in [1.807, 2.05) is 43.4 Å². The predicted molar refractivity (Wildman–Crippen MR) is 77.9 cm³/mol. The standard InChI is InChI=1S/C13H25BrN2O3/c1-6-18-9-10-19-8-7-15-11(17)12(2,3)16(14)13(15,4)5/h6-10H2,1-5H3. The molecule has 1 saturated heterocycles. The quantitative estimate of drug-likeness (QED) is 0.526. The van der Waals surface area contributed by atoms with Crippen LogP contribution in [0.25, 0.3) is 0 Å². The molecule has 1 fully saturated rings. The second-order valence-electron chi connectivity index (χ2n) is 5.60. The lowest BCUT2D eigenvalue weighted by Crippen LogP contribution is -2.47. The molecule has 0 bridgehead atoms. The fraction of sp³-hybridized carbons (Fsp3) is 0.923. The van der Waals surface area contributed by atoms with E-state index >= 15 is 0 Å². The number of halogens is 1. The zero-order valence-corrected chi connectivity index (χ0v) is 14.1. The van der Waals surface area contributed by atoms with Gasteiger partial charge in [-0.15, -0.1) is 0 Å². The molecule has 0 saturated carbocycles. The summed E-state index contributed by atoms with van der Waals surface area (Å²) in [6.07, 6.45) is 0. The summed E-state index contributed by atoms with van der Waals surface area (Å²) >= 11 is 3.52. The Bertz CT molecular complexity index is 321. The van der Waals surface area contributed by atoms with Gasteiger partial charge in [0.25, 0.3) is 0 Å². The van der Waals surface area contributed by atoms with E-state index in [0.29, 0.717) is 33.0 Å². The monoisotopic (exact) mass is 336 g/mol. The van der Waals surface area contributed by atoms with Crippen LogP contribution >= 0.6 is 16.1 Å². The second-order valence-corrected chi connectivity index (χ2v) is 6.31. The summed E-state index contributed by atoms with van der Waals surface area (Å²) in [4.78, 5) is 14.2. The van der Waals surface area contributed by atoms with Gasteiger partial charge in [-0.2, -0.15) is 0 Å². The smallest absolute Gasteiger partial charge is 0.245 e. The Balaban J connectivity index is 2.47. The molecule has 0 aromatic rings. The average Bonchev–Trinajstić information content (AvgIpc) is 2.45. The minimum Gasteiger partial charge on any atom is -0.379 e. The highest BCUT2D eigenvalue weighted by Crippen LogP contribution is 2.40. The van der Waals surface area contributed by atoms with Gasteiger partial charge >= 0.3 is 0 Å². The highest BCUT2D eigenvalue weighted by atomic mass is 79.9. The Labute approximate surface area is 124 Å². The summed E-state index contributed by atoms with van der Waals surface area (Å²) in [6.45, 7) is 12.8. The molecule has 6 heteroatoms. The van der Waals surface area contributed by atoms with Crippen molar-refractivity contribution in [1.29, 1.82) is 0 Å². The van der Waals surface area contributed by atoms with Gasteiger partial charge in [-0.3, -0.25) is 4.79 Å². The molecular formula is C13H25BrN2O3. The molecule has 0 unspecified atom stereocenters. The van der Waals surface area contributed by atoms with Crippen molar-refractivity contribution in [1.82, 2.24) is 8.83 Å². The maximum absolute atomic E-state index is 12.4. The van der Waals surface area contributed by atoms with E-state index in [1.165, 1.54) is 0 Å². The average molecular weight is 337 g/mol. The Morgan fingerprint density at radius 3 is 2.16 bits per heavy atom. The lowest BCUT2D eigenvalue weighted by Gasteiger charge is -2.35. The maximum Gasteiger partial charge on any atom is 0.245 e. The van der Waals surface area contributed by atoms with Gasteiger partial charge in [0.1, 0.15) is 11.2 Å². The van der Waals surface area contributed by atoms with Crippen molar-refractivity contribution in [2.24, 2.45) is 0 Å². The highest BCUT2D eigenvalue weighted by molar-refractivity contribution is 9.07. The first kappa shape index (κ1) is 16.9. The molecule has 1 aliphatic rings. The van der Waals surface area contributed by atoms with Crippen LogP contribution in [0.5, 0.6) is 0 Å². The van der Waals surface area contributed by atoms with E-state index in [9.17, 15) is 4.79 Å². The summed E-state index contributed by atoms with van der Waals surface area (Å²) in [5, 5.41) is 0. The van der Waals surface area contributed by atoms with Crippen molar-refractivity contribution in [2.75, 3.05) is 33.0 Å². The fourth-order valence-electron chi connectivity index (χ4n) is 2.35. The van der Waals surface area contributed by atoms with Crippen molar-refractivity contribution in [3.63, 3.8) is 0 Å².